The van der Waals surface area contributed by atoms with Crippen molar-refractivity contribution in [3.05, 3.63) is 29.8 Å². The quantitative estimate of drug-likeness (QED) is 0.857. The van der Waals surface area contributed by atoms with Crippen LogP contribution in [-0.2, 0) is 0 Å². The summed E-state index contributed by atoms with van der Waals surface area (Å²) in [4.78, 5) is 0. The normalized spacial score (nSPS) is 25.0. The summed E-state index contributed by atoms with van der Waals surface area (Å²) in [5.74, 6) is 2.41. The maximum absolute atomic E-state index is 6.47. The third kappa shape index (κ3) is 3.97. The maximum atomic E-state index is 6.47. The lowest BCUT2D eigenvalue weighted by molar-refractivity contribution is 0.247. The Morgan fingerprint density at radius 3 is 2.95 bits per heavy atom. The van der Waals surface area contributed by atoms with Crippen molar-refractivity contribution in [3.63, 3.8) is 0 Å². The molecule has 0 aliphatic heterocycles. The second-order valence-corrected chi connectivity index (χ2v) is 5.98. The second kappa shape index (κ2) is 6.95. The van der Waals surface area contributed by atoms with E-state index in [0.717, 1.165) is 24.7 Å². The molecule has 2 N–H and O–H groups in total. The summed E-state index contributed by atoms with van der Waals surface area (Å²) in [5, 5.41) is 0. The van der Waals surface area contributed by atoms with E-state index in [-0.39, 0.29) is 6.04 Å². The van der Waals surface area contributed by atoms with Gasteiger partial charge in [-0.2, -0.15) is 0 Å². The van der Waals surface area contributed by atoms with Gasteiger partial charge in [0.15, 0.2) is 0 Å². The minimum absolute atomic E-state index is 0.160. The van der Waals surface area contributed by atoms with Crippen LogP contribution in [0.25, 0.3) is 0 Å². The summed E-state index contributed by atoms with van der Waals surface area (Å²) in [6.45, 7) is 5.25. The number of benzene rings is 1. The Morgan fingerprint density at radius 1 is 1.37 bits per heavy atom. The molecule has 0 amide bonds. The zero-order valence-corrected chi connectivity index (χ0v) is 12.3. The largest absolute Gasteiger partial charge is 0.494 e. The lowest BCUT2D eigenvalue weighted by atomic mass is 9.77. The van der Waals surface area contributed by atoms with E-state index in [4.69, 9.17) is 10.5 Å². The van der Waals surface area contributed by atoms with Crippen molar-refractivity contribution in [3.8, 4) is 5.75 Å². The van der Waals surface area contributed by atoms with Gasteiger partial charge in [-0.05, 0) is 48.8 Å². The predicted molar refractivity (Wildman–Crippen MR) is 80.3 cm³/mol. The van der Waals surface area contributed by atoms with Gasteiger partial charge in [0.1, 0.15) is 5.75 Å². The van der Waals surface area contributed by atoms with Crippen LogP contribution in [0.5, 0.6) is 5.75 Å². The Hall–Kier alpha value is -1.02. The Balaban J connectivity index is 2.03. The van der Waals surface area contributed by atoms with Crippen molar-refractivity contribution in [2.45, 2.75) is 52.0 Å². The molecule has 3 unspecified atom stereocenters. The van der Waals surface area contributed by atoms with Gasteiger partial charge in [0.25, 0.3) is 0 Å². The summed E-state index contributed by atoms with van der Waals surface area (Å²) in [6, 6.07) is 8.51. The molecule has 106 valence electrons. The molecule has 19 heavy (non-hydrogen) atoms. The number of nitrogens with two attached hydrogens (primary N) is 1. The third-order valence-electron chi connectivity index (χ3n) is 4.20. The second-order valence-electron chi connectivity index (χ2n) is 5.98. The zero-order chi connectivity index (χ0) is 13.7. The summed E-state index contributed by atoms with van der Waals surface area (Å²) < 4.78 is 5.70. The molecule has 0 bridgehead atoms. The molecule has 1 saturated carbocycles. The first-order chi connectivity index (χ1) is 9.20. The first-order valence-electron chi connectivity index (χ1n) is 7.69. The van der Waals surface area contributed by atoms with Crippen LogP contribution in [0.4, 0.5) is 0 Å². The van der Waals surface area contributed by atoms with E-state index in [1.807, 2.05) is 6.07 Å². The van der Waals surface area contributed by atoms with Crippen LogP contribution in [0, 0.1) is 11.8 Å². The average Bonchev–Trinajstić information content (AvgIpc) is 2.44. The zero-order valence-electron chi connectivity index (χ0n) is 12.3. The molecule has 0 spiro atoms. The first kappa shape index (κ1) is 14.4. The fourth-order valence-electron chi connectivity index (χ4n) is 3.11. The van der Waals surface area contributed by atoms with Crippen LogP contribution in [0.2, 0.25) is 0 Å². The summed E-state index contributed by atoms with van der Waals surface area (Å²) >= 11 is 0. The molecule has 0 radical (unpaired) electrons. The van der Waals surface area contributed by atoms with Crippen LogP contribution in [0.3, 0.4) is 0 Å². The number of ether oxygens (including phenoxy) is 1. The van der Waals surface area contributed by atoms with Gasteiger partial charge in [-0.15, -0.1) is 0 Å². The minimum atomic E-state index is 0.160. The van der Waals surface area contributed by atoms with Crippen LogP contribution >= 0.6 is 0 Å². The molecule has 1 aromatic carbocycles. The molecule has 0 saturated heterocycles. The van der Waals surface area contributed by atoms with Gasteiger partial charge in [0, 0.05) is 6.04 Å². The van der Waals surface area contributed by atoms with Crippen LogP contribution in [0.1, 0.15) is 57.6 Å². The fraction of sp³-hybridized carbons (Fsp3) is 0.647. The van der Waals surface area contributed by atoms with E-state index in [2.05, 4.69) is 32.0 Å². The van der Waals surface area contributed by atoms with E-state index < -0.39 is 0 Å². The Kier molecular flexibility index (Phi) is 5.26. The fourth-order valence-corrected chi connectivity index (χ4v) is 3.11. The molecule has 1 aliphatic rings. The van der Waals surface area contributed by atoms with E-state index in [1.54, 1.807) is 0 Å². The third-order valence-corrected chi connectivity index (χ3v) is 4.20. The van der Waals surface area contributed by atoms with Crippen LogP contribution in [-0.4, -0.2) is 6.61 Å². The SMILES string of the molecule is CCCOc1cccc(C(N)C2CCCC(C)C2)c1. The van der Waals surface area contributed by atoms with Crippen molar-refractivity contribution in [2.24, 2.45) is 17.6 Å². The summed E-state index contributed by atoms with van der Waals surface area (Å²) in [7, 11) is 0. The number of hydrogen-bond donors (Lipinski definition) is 1. The monoisotopic (exact) mass is 261 g/mol. The van der Waals surface area contributed by atoms with Crippen molar-refractivity contribution in [1.29, 1.82) is 0 Å². The molecule has 2 heteroatoms. The average molecular weight is 261 g/mol. The minimum Gasteiger partial charge on any atom is -0.494 e. The number of rotatable bonds is 5. The molecule has 0 aromatic heterocycles. The van der Waals surface area contributed by atoms with E-state index >= 15 is 0 Å². The highest BCUT2D eigenvalue weighted by atomic mass is 16.5. The highest BCUT2D eigenvalue weighted by Crippen LogP contribution is 2.36. The predicted octanol–water partition coefficient (Wildman–Crippen LogP) is 4.30. The Morgan fingerprint density at radius 2 is 2.21 bits per heavy atom. The molecule has 1 fully saturated rings. The molecule has 0 heterocycles. The van der Waals surface area contributed by atoms with Gasteiger partial charge in [0.2, 0.25) is 0 Å². The Labute approximate surface area is 117 Å². The molecule has 3 atom stereocenters. The van der Waals surface area contributed by atoms with Gasteiger partial charge in [-0.25, -0.2) is 0 Å². The summed E-state index contributed by atoms with van der Waals surface area (Å²) in [5.41, 5.74) is 7.70. The van der Waals surface area contributed by atoms with Gasteiger partial charge in [-0.1, -0.05) is 38.8 Å². The standard InChI is InChI=1S/C17H27NO/c1-3-10-19-16-9-5-8-15(12-16)17(18)14-7-4-6-13(2)11-14/h5,8-9,12-14,17H,3-4,6-7,10-11,18H2,1-2H3. The molecular formula is C17H27NO. The molecule has 1 aromatic rings. The van der Waals surface area contributed by atoms with Crippen molar-refractivity contribution in [2.75, 3.05) is 6.61 Å². The first-order valence-corrected chi connectivity index (χ1v) is 7.69. The van der Waals surface area contributed by atoms with Crippen LogP contribution in [0.15, 0.2) is 24.3 Å². The lowest BCUT2D eigenvalue weighted by Crippen LogP contribution is -2.26. The van der Waals surface area contributed by atoms with Gasteiger partial charge in [-0.3, -0.25) is 0 Å². The van der Waals surface area contributed by atoms with Crippen molar-refractivity contribution < 1.29 is 4.74 Å². The topological polar surface area (TPSA) is 35.2 Å². The summed E-state index contributed by atoms with van der Waals surface area (Å²) in [6.07, 6.45) is 6.26. The highest BCUT2D eigenvalue weighted by Gasteiger charge is 2.25. The Bertz CT molecular complexity index is 391. The van der Waals surface area contributed by atoms with E-state index in [9.17, 15) is 0 Å². The lowest BCUT2D eigenvalue weighted by Gasteiger charge is -2.31. The van der Waals surface area contributed by atoms with Gasteiger partial charge < -0.3 is 10.5 Å². The van der Waals surface area contributed by atoms with E-state index in [1.165, 1.54) is 31.2 Å². The van der Waals surface area contributed by atoms with E-state index in [0.29, 0.717) is 5.92 Å². The molecular weight excluding hydrogens is 234 g/mol. The number of hydrogen-bond acceptors (Lipinski definition) is 2. The van der Waals surface area contributed by atoms with Gasteiger partial charge in [0.05, 0.1) is 6.61 Å². The van der Waals surface area contributed by atoms with Crippen LogP contribution < -0.4 is 10.5 Å². The molecule has 1 aliphatic carbocycles. The van der Waals surface area contributed by atoms with Crippen molar-refractivity contribution in [1.82, 2.24) is 0 Å². The highest BCUT2D eigenvalue weighted by molar-refractivity contribution is 5.30. The maximum Gasteiger partial charge on any atom is 0.119 e. The van der Waals surface area contributed by atoms with Crippen molar-refractivity contribution >= 4 is 0 Å². The smallest absolute Gasteiger partial charge is 0.119 e. The van der Waals surface area contributed by atoms with Gasteiger partial charge >= 0.3 is 0 Å². The molecule has 2 nitrogen and oxygen atoms in total. The molecule has 2 rings (SSSR count).